The van der Waals surface area contributed by atoms with Crippen LogP contribution in [-0.4, -0.2) is 37.7 Å². The fourth-order valence-electron chi connectivity index (χ4n) is 3.83. The summed E-state index contributed by atoms with van der Waals surface area (Å²) in [5, 5.41) is 4.06. The van der Waals surface area contributed by atoms with Gasteiger partial charge in [0.05, 0.1) is 29.9 Å². The van der Waals surface area contributed by atoms with Crippen LogP contribution in [0.4, 0.5) is 5.13 Å². The summed E-state index contributed by atoms with van der Waals surface area (Å²) in [5.74, 6) is 1.71. The largest absolute Gasteiger partial charge is 0.496 e. The molecule has 1 saturated heterocycles. The van der Waals surface area contributed by atoms with Crippen LogP contribution in [0.15, 0.2) is 42.5 Å². The van der Waals surface area contributed by atoms with E-state index in [1.165, 1.54) is 0 Å². The molecule has 0 radical (unpaired) electrons. The quantitative estimate of drug-likeness (QED) is 0.614. The van der Waals surface area contributed by atoms with E-state index in [9.17, 15) is 4.79 Å². The van der Waals surface area contributed by atoms with Crippen molar-refractivity contribution >= 4 is 32.6 Å². The Labute approximate surface area is 180 Å². The molecule has 1 atom stereocenters. The Hall–Kier alpha value is -2.80. The predicted molar refractivity (Wildman–Crippen MR) is 121 cm³/mol. The average Bonchev–Trinajstić information content (AvgIpc) is 3.21. The molecule has 1 aromatic heterocycles. The first kappa shape index (κ1) is 20.5. The fraction of sp³-hybridized carbons (Fsp3) is 0.391. The van der Waals surface area contributed by atoms with Crippen LogP contribution in [0.2, 0.25) is 0 Å². The number of piperidine rings is 1. The number of nitrogens with zero attached hydrogens (tertiary/aromatic N) is 2. The Kier molecular flexibility index (Phi) is 6.38. The van der Waals surface area contributed by atoms with Crippen LogP contribution in [0, 0.1) is 5.92 Å². The number of methoxy groups -OCH3 is 1. The zero-order valence-electron chi connectivity index (χ0n) is 17.4. The van der Waals surface area contributed by atoms with Gasteiger partial charge in [0.25, 0.3) is 0 Å². The highest BCUT2D eigenvalue weighted by molar-refractivity contribution is 7.22. The number of carbonyl (C=O) groups excluding carboxylic acids is 1. The molecule has 7 heteroatoms. The monoisotopic (exact) mass is 425 g/mol. The molecular formula is C23H27N3O3S. The first-order chi connectivity index (χ1) is 14.7. The van der Waals surface area contributed by atoms with Crippen molar-refractivity contribution in [3.8, 4) is 11.5 Å². The summed E-state index contributed by atoms with van der Waals surface area (Å²) in [6.07, 6.45) is 1.88. The fourth-order valence-corrected chi connectivity index (χ4v) is 4.85. The topological polar surface area (TPSA) is 63.7 Å². The van der Waals surface area contributed by atoms with Gasteiger partial charge in [0.2, 0.25) is 5.91 Å². The molecule has 30 heavy (non-hydrogen) atoms. The second-order valence-corrected chi connectivity index (χ2v) is 8.38. The Morgan fingerprint density at radius 3 is 3.00 bits per heavy atom. The molecule has 0 aliphatic carbocycles. The van der Waals surface area contributed by atoms with Gasteiger partial charge in [-0.25, -0.2) is 4.98 Å². The molecule has 0 spiro atoms. The number of benzene rings is 2. The Balaban J connectivity index is 1.41. The van der Waals surface area contributed by atoms with Crippen LogP contribution < -0.4 is 19.7 Å². The molecule has 6 nitrogen and oxygen atoms in total. The third kappa shape index (κ3) is 4.51. The Bertz CT molecular complexity index is 1020. The zero-order valence-corrected chi connectivity index (χ0v) is 18.2. The van der Waals surface area contributed by atoms with Crippen molar-refractivity contribution in [2.45, 2.75) is 26.3 Å². The summed E-state index contributed by atoms with van der Waals surface area (Å²) >= 11 is 1.66. The van der Waals surface area contributed by atoms with Crippen LogP contribution in [0.25, 0.3) is 10.2 Å². The van der Waals surface area contributed by atoms with Gasteiger partial charge in [-0.3, -0.25) is 4.79 Å². The smallest absolute Gasteiger partial charge is 0.225 e. The SMILES string of the molecule is CCOc1ccc2nc(N3CCC[C@H](C(=O)NCc4ccccc4OC)C3)sc2c1. The molecule has 1 amide bonds. The van der Waals surface area contributed by atoms with Gasteiger partial charge in [0.1, 0.15) is 11.5 Å². The van der Waals surface area contributed by atoms with Crippen molar-refractivity contribution in [2.24, 2.45) is 5.92 Å². The lowest BCUT2D eigenvalue weighted by molar-refractivity contribution is -0.125. The number of rotatable bonds is 7. The van der Waals surface area contributed by atoms with Crippen molar-refractivity contribution in [3.63, 3.8) is 0 Å². The second-order valence-electron chi connectivity index (χ2n) is 7.37. The Morgan fingerprint density at radius 1 is 1.30 bits per heavy atom. The van der Waals surface area contributed by atoms with Crippen molar-refractivity contribution in [1.82, 2.24) is 10.3 Å². The molecular weight excluding hydrogens is 398 g/mol. The third-order valence-electron chi connectivity index (χ3n) is 5.37. The summed E-state index contributed by atoms with van der Waals surface area (Å²) < 4.78 is 12.1. The van der Waals surface area contributed by atoms with Gasteiger partial charge < -0.3 is 19.7 Å². The number of hydrogen-bond donors (Lipinski definition) is 1. The van der Waals surface area contributed by atoms with Crippen LogP contribution in [-0.2, 0) is 11.3 Å². The first-order valence-electron chi connectivity index (χ1n) is 10.4. The molecule has 0 saturated carbocycles. The van der Waals surface area contributed by atoms with Crippen LogP contribution in [0.1, 0.15) is 25.3 Å². The van der Waals surface area contributed by atoms with E-state index in [4.69, 9.17) is 14.5 Å². The normalized spacial score (nSPS) is 16.5. The van der Waals surface area contributed by atoms with Gasteiger partial charge in [-0.2, -0.15) is 0 Å². The number of thiazole rings is 1. The lowest BCUT2D eigenvalue weighted by atomic mass is 9.97. The van der Waals surface area contributed by atoms with Crippen LogP contribution in [0.5, 0.6) is 11.5 Å². The first-order valence-corrected chi connectivity index (χ1v) is 11.2. The predicted octanol–water partition coefficient (Wildman–Crippen LogP) is 4.24. The van der Waals surface area contributed by atoms with Crippen molar-refractivity contribution < 1.29 is 14.3 Å². The summed E-state index contributed by atoms with van der Waals surface area (Å²) in [6.45, 7) is 4.72. The lowest BCUT2D eigenvalue weighted by Gasteiger charge is -2.31. The molecule has 1 aliphatic heterocycles. The zero-order chi connectivity index (χ0) is 20.9. The number of ether oxygens (including phenoxy) is 2. The van der Waals surface area contributed by atoms with Gasteiger partial charge in [-0.15, -0.1) is 0 Å². The number of anilines is 1. The molecule has 2 heterocycles. The lowest BCUT2D eigenvalue weighted by Crippen LogP contribution is -2.43. The molecule has 158 valence electrons. The number of hydrogen-bond acceptors (Lipinski definition) is 6. The van der Waals surface area contributed by atoms with E-state index in [1.54, 1.807) is 18.4 Å². The highest BCUT2D eigenvalue weighted by Gasteiger charge is 2.27. The van der Waals surface area contributed by atoms with E-state index in [2.05, 4.69) is 10.2 Å². The molecule has 1 fully saturated rings. The van der Waals surface area contributed by atoms with Crippen LogP contribution >= 0.6 is 11.3 Å². The standard InChI is InChI=1S/C23H27N3O3S/c1-3-29-18-10-11-19-21(13-18)30-23(25-19)26-12-6-8-17(15-26)22(27)24-14-16-7-4-5-9-20(16)28-2/h4-5,7,9-11,13,17H,3,6,8,12,14-15H2,1-2H3,(H,24,27)/t17-/m0/s1. The van der Waals surface area contributed by atoms with Crippen molar-refractivity contribution in [1.29, 1.82) is 0 Å². The maximum atomic E-state index is 12.8. The third-order valence-corrected chi connectivity index (χ3v) is 6.45. The van der Waals surface area contributed by atoms with E-state index < -0.39 is 0 Å². The van der Waals surface area contributed by atoms with Gasteiger partial charge in [-0.05, 0) is 44.0 Å². The Morgan fingerprint density at radius 2 is 2.17 bits per heavy atom. The number of para-hydroxylation sites is 1. The molecule has 1 aliphatic rings. The summed E-state index contributed by atoms with van der Waals surface area (Å²) in [4.78, 5) is 19.9. The van der Waals surface area contributed by atoms with Crippen molar-refractivity contribution in [2.75, 3.05) is 31.7 Å². The van der Waals surface area contributed by atoms with Gasteiger partial charge in [0.15, 0.2) is 5.13 Å². The maximum absolute atomic E-state index is 12.8. The van der Waals surface area contributed by atoms with Gasteiger partial charge in [-0.1, -0.05) is 29.5 Å². The number of amides is 1. The highest BCUT2D eigenvalue weighted by Crippen LogP contribution is 2.33. The number of nitrogens with one attached hydrogen (secondary N) is 1. The molecule has 1 N–H and O–H groups in total. The maximum Gasteiger partial charge on any atom is 0.225 e. The molecule has 0 unspecified atom stereocenters. The minimum absolute atomic E-state index is 0.0422. The highest BCUT2D eigenvalue weighted by atomic mass is 32.1. The van der Waals surface area contributed by atoms with E-state index >= 15 is 0 Å². The molecule has 2 aromatic carbocycles. The number of fused-ring (bicyclic) bond motifs is 1. The van der Waals surface area contributed by atoms with E-state index in [0.717, 1.165) is 51.8 Å². The van der Waals surface area contributed by atoms with E-state index in [1.807, 2.05) is 49.4 Å². The summed E-state index contributed by atoms with van der Waals surface area (Å²) in [6, 6.07) is 13.8. The second kappa shape index (κ2) is 9.34. The molecule has 0 bridgehead atoms. The van der Waals surface area contributed by atoms with E-state index in [-0.39, 0.29) is 11.8 Å². The summed E-state index contributed by atoms with van der Waals surface area (Å²) in [5.41, 5.74) is 1.96. The van der Waals surface area contributed by atoms with Gasteiger partial charge >= 0.3 is 0 Å². The average molecular weight is 426 g/mol. The minimum atomic E-state index is -0.0422. The summed E-state index contributed by atoms with van der Waals surface area (Å²) in [7, 11) is 1.65. The molecule has 4 rings (SSSR count). The van der Waals surface area contributed by atoms with E-state index in [0.29, 0.717) is 19.7 Å². The number of aromatic nitrogens is 1. The minimum Gasteiger partial charge on any atom is -0.496 e. The van der Waals surface area contributed by atoms with Crippen molar-refractivity contribution in [3.05, 3.63) is 48.0 Å². The molecule has 3 aromatic rings. The van der Waals surface area contributed by atoms with Gasteiger partial charge in [0, 0.05) is 25.2 Å². The number of carbonyl (C=O) groups is 1. The van der Waals surface area contributed by atoms with Crippen LogP contribution in [0.3, 0.4) is 0 Å².